The van der Waals surface area contributed by atoms with Crippen LogP contribution in [0.1, 0.15) is 32.6 Å². The molecule has 4 nitrogen and oxygen atoms in total. The van der Waals surface area contributed by atoms with E-state index in [9.17, 15) is 4.79 Å². The number of hydrogen-bond donors (Lipinski definition) is 0. The van der Waals surface area contributed by atoms with Crippen molar-refractivity contribution in [1.29, 1.82) is 0 Å². The monoisotopic (exact) mass is 269 g/mol. The lowest BCUT2D eigenvalue weighted by Crippen LogP contribution is -2.44. The first-order valence-electron chi connectivity index (χ1n) is 6.57. The third-order valence-electron chi connectivity index (χ3n) is 3.72. The molecule has 100 valence electrons. The molecule has 0 N–H and O–H groups in total. The highest BCUT2D eigenvalue weighted by Crippen LogP contribution is 2.27. The Labute approximate surface area is 113 Å². The molecular formula is C13H20ClN3O. The summed E-state index contributed by atoms with van der Waals surface area (Å²) >= 11 is 6.38. The van der Waals surface area contributed by atoms with Crippen molar-refractivity contribution < 1.29 is 0 Å². The second-order valence-electron chi connectivity index (χ2n) is 4.82. The van der Waals surface area contributed by atoms with Crippen molar-refractivity contribution >= 4 is 17.4 Å². The predicted octanol–water partition coefficient (Wildman–Crippen LogP) is 2.25. The molecule has 1 aliphatic carbocycles. The zero-order chi connectivity index (χ0) is 13.1. The van der Waals surface area contributed by atoms with Crippen LogP contribution in [0.4, 0.5) is 5.82 Å². The van der Waals surface area contributed by atoms with E-state index in [1.807, 2.05) is 18.9 Å². The molecule has 0 amide bonds. The zero-order valence-corrected chi connectivity index (χ0v) is 11.7. The molecule has 0 aliphatic heterocycles. The molecular weight excluding hydrogens is 250 g/mol. The molecule has 1 heterocycles. The van der Waals surface area contributed by atoms with Gasteiger partial charge in [0.05, 0.1) is 5.38 Å². The standard InChI is InChI=1S/C13H20ClN3O/c1-3-17-9-8-15-12(13(17)18)16(2)11-7-5-4-6-10(11)14/h8-11H,3-7H2,1-2H3. The van der Waals surface area contributed by atoms with Gasteiger partial charge in [-0.3, -0.25) is 4.79 Å². The first kappa shape index (κ1) is 13.4. The molecule has 1 aliphatic rings. The maximum atomic E-state index is 12.2. The van der Waals surface area contributed by atoms with E-state index in [2.05, 4.69) is 4.98 Å². The summed E-state index contributed by atoms with van der Waals surface area (Å²) in [6, 6.07) is 0.216. The van der Waals surface area contributed by atoms with Gasteiger partial charge >= 0.3 is 0 Å². The molecule has 1 fully saturated rings. The Bertz CT molecular complexity index is 460. The highest BCUT2D eigenvalue weighted by atomic mass is 35.5. The first-order valence-corrected chi connectivity index (χ1v) is 7.01. The molecule has 0 saturated heterocycles. The molecule has 2 rings (SSSR count). The topological polar surface area (TPSA) is 38.1 Å². The van der Waals surface area contributed by atoms with Gasteiger partial charge in [-0.25, -0.2) is 4.98 Å². The Balaban J connectivity index is 2.28. The Morgan fingerprint density at radius 2 is 2.22 bits per heavy atom. The van der Waals surface area contributed by atoms with E-state index in [0.29, 0.717) is 12.4 Å². The predicted molar refractivity (Wildman–Crippen MR) is 74.5 cm³/mol. The highest BCUT2D eigenvalue weighted by molar-refractivity contribution is 6.21. The van der Waals surface area contributed by atoms with Gasteiger partial charge in [-0.05, 0) is 19.8 Å². The Kier molecular flexibility index (Phi) is 4.27. The molecule has 0 bridgehead atoms. The SMILES string of the molecule is CCn1ccnc(N(C)C2CCCCC2Cl)c1=O. The van der Waals surface area contributed by atoms with Crippen molar-refractivity contribution in [2.45, 2.75) is 50.6 Å². The van der Waals surface area contributed by atoms with Crippen LogP contribution >= 0.6 is 11.6 Å². The minimum absolute atomic E-state index is 0.0306. The van der Waals surface area contributed by atoms with Crippen LogP contribution in [0.25, 0.3) is 0 Å². The zero-order valence-electron chi connectivity index (χ0n) is 11.0. The quantitative estimate of drug-likeness (QED) is 0.790. The van der Waals surface area contributed by atoms with Crippen molar-refractivity contribution in [1.82, 2.24) is 9.55 Å². The van der Waals surface area contributed by atoms with Gasteiger partial charge in [0.2, 0.25) is 0 Å². The van der Waals surface area contributed by atoms with Gasteiger partial charge in [-0.1, -0.05) is 12.8 Å². The van der Waals surface area contributed by atoms with Crippen molar-refractivity contribution in [3.05, 3.63) is 22.7 Å². The minimum Gasteiger partial charge on any atom is -0.351 e. The van der Waals surface area contributed by atoms with Crippen LogP contribution in [0.5, 0.6) is 0 Å². The van der Waals surface area contributed by atoms with Crippen molar-refractivity contribution in [2.24, 2.45) is 0 Å². The third-order valence-corrected chi connectivity index (χ3v) is 4.22. The van der Waals surface area contributed by atoms with E-state index in [-0.39, 0.29) is 17.0 Å². The van der Waals surface area contributed by atoms with E-state index < -0.39 is 0 Å². The fourth-order valence-electron chi connectivity index (χ4n) is 2.59. The van der Waals surface area contributed by atoms with Crippen LogP contribution < -0.4 is 10.5 Å². The van der Waals surface area contributed by atoms with E-state index >= 15 is 0 Å². The number of rotatable bonds is 3. The molecule has 0 aromatic carbocycles. The second-order valence-corrected chi connectivity index (χ2v) is 5.38. The summed E-state index contributed by atoms with van der Waals surface area (Å²) in [5, 5.41) is 0.111. The van der Waals surface area contributed by atoms with Gasteiger partial charge in [0.15, 0.2) is 5.82 Å². The Morgan fingerprint density at radius 1 is 1.50 bits per heavy atom. The van der Waals surface area contributed by atoms with Crippen molar-refractivity contribution in [2.75, 3.05) is 11.9 Å². The maximum absolute atomic E-state index is 12.2. The number of aryl methyl sites for hydroxylation is 1. The summed E-state index contributed by atoms with van der Waals surface area (Å²) in [6.07, 6.45) is 7.81. The summed E-state index contributed by atoms with van der Waals surface area (Å²) < 4.78 is 1.67. The molecule has 0 radical (unpaired) electrons. The summed E-state index contributed by atoms with van der Waals surface area (Å²) in [5.41, 5.74) is -0.0306. The number of halogens is 1. The molecule has 1 aromatic heterocycles. The third kappa shape index (κ3) is 2.53. The summed E-state index contributed by atoms with van der Waals surface area (Å²) in [7, 11) is 1.93. The van der Waals surface area contributed by atoms with Crippen molar-refractivity contribution in [3.63, 3.8) is 0 Å². The van der Waals surface area contributed by atoms with Crippen LogP contribution in [0.3, 0.4) is 0 Å². The molecule has 2 atom stereocenters. The van der Waals surface area contributed by atoms with Gasteiger partial charge in [-0.15, -0.1) is 11.6 Å². The molecule has 1 aromatic rings. The Morgan fingerprint density at radius 3 is 2.89 bits per heavy atom. The van der Waals surface area contributed by atoms with E-state index in [0.717, 1.165) is 12.8 Å². The lowest BCUT2D eigenvalue weighted by Gasteiger charge is -2.35. The lowest BCUT2D eigenvalue weighted by molar-refractivity contribution is 0.431. The number of aromatic nitrogens is 2. The van der Waals surface area contributed by atoms with Crippen LogP contribution in [-0.2, 0) is 6.54 Å². The van der Waals surface area contributed by atoms with Crippen LogP contribution in [0.2, 0.25) is 0 Å². The van der Waals surface area contributed by atoms with Gasteiger partial charge < -0.3 is 9.47 Å². The van der Waals surface area contributed by atoms with Crippen LogP contribution in [-0.4, -0.2) is 28.0 Å². The largest absolute Gasteiger partial charge is 0.351 e. The number of anilines is 1. The normalized spacial score (nSPS) is 23.9. The minimum atomic E-state index is -0.0306. The van der Waals surface area contributed by atoms with Crippen molar-refractivity contribution in [3.8, 4) is 0 Å². The smallest absolute Gasteiger partial charge is 0.293 e. The number of nitrogens with zero attached hydrogens (tertiary/aromatic N) is 3. The maximum Gasteiger partial charge on any atom is 0.293 e. The summed E-state index contributed by atoms with van der Waals surface area (Å²) in [5.74, 6) is 0.511. The van der Waals surface area contributed by atoms with Gasteiger partial charge in [-0.2, -0.15) is 0 Å². The fourth-order valence-corrected chi connectivity index (χ4v) is 3.04. The van der Waals surface area contributed by atoms with Gasteiger partial charge in [0, 0.05) is 32.0 Å². The van der Waals surface area contributed by atoms with E-state index in [1.54, 1.807) is 17.0 Å². The second kappa shape index (κ2) is 5.74. The summed E-state index contributed by atoms with van der Waals surface area (Å²) in [4.78, 5) is 18.4. The van der Waals surface area contributed by atoms with Gasteiger partial charge in [0.1, 0.15) is 0 Å². The molecule has 5 heteroatoms. The average molecular weight is 270 g/mol. The van der Waals surface area contributed by atoms with E-state index in [4.69, 9.17) is 11.6 Å². The summed E-state index contributed by atoms with van der Waals surface area (Å²) in [6.45, 7) is 2.62. The molecule has 1 saturated carbocycles. The average Bonchev–Trinajstić information content (AvgIpc) is 2.39. The molecule has 0 spiro atoms. The fraction of sp³-hybridized carbons (Fsp3) is 0.692. The van der Waals surface area contributed by atoms with Crippen LogP contribution in [0.15, 0.2) is 17.2 Å². The van der Waals surface area contributed by atoms with Crippen LogP contribution in [0, 0.1) is 0 Å². The number of hydrogen-bond acceptors (Lipinski definition) is 3. The molecule has 2 unspecified atom stereocenters. The number of alkyl halides is 1. The Hall–Kier alpha value is -1.03. The van der Waals surface area contributed by atoms with E-state index in [1.165, 1.54) is 12.8 Å². The highest BCUT2D eigenvalue weighted by Gasteiger charge is 2.28. The first-order chi connectivity index (χ1) is 8.65. The lowest BCUT2D eigenvalue weighted by atomic mass is 9.94. The molecule has 18 heavy (non-hydrogen) atoms. The van der Waals surface area contributed by atoms with Gasteiger partial charge in [0.25, 0.3) is 5.56 Å².